The van der Waals surface area contributed by atoms with Gasteiger partial charge in [-0.1, -0.05) is 18.7 Å². The third-order valence-electron chi connectivity index (χ3n) is 2.41. The van der Waals surface area contributed by atoms with Crippen LogP contribution in [0.25, 0.3) is 0 Å². The maximum atomic E-state index is 11.9. The summed E-state index contributed by atoms with van der Waals surface area (Å²) in [5, 5.41) is 11.8. The first kappa shape index (κ1) is 14.8. The fourth-order valence-corrected chi connectivity index (χ4v) is 1.42. The van der Waals surface area contributed by atoms with Crippen LogP contribution < -0.4 is 5.32 Å². The Hall–Kier alpha value is -2.30. The van der Waals surface area contributed by atoms with Crippen LogP contribution in [0.3, 0.4) is 0 Å². The number of hydrogen-bond donors (Lipinski definition) is 2. The lowest BCUT2D eigenvalue weighted by Gasteiger charge is -2.17. The molecule has 1 rings (SSSR count). The van der Waals surface area contributed by atoms with Crippen LogP contribution in [-0.4, -0.2) is 23.6 Å². The molecule has 0 saturated carbocycles. The second kappa shape index (κ2) is 6.58. The molecular formula is C14H17NO4. The summed E-state index contributed by atoms with van der Waals surface area (Å²) >= 11 is 0. The minimum atomic E-state index is -0.912. The molecule has 0 aliphatic carbocycles. The normalized spacial score (nSPS) is 11.5. The number of phenols is 1. The number of nitrogens with one attached hydrogen (secondary N) is 1. The van der Waals surface area contributed by atoms with Gasteiger partial charge in [0.15, 0.2) is 6.04 Å². The predicted octanol–water partition coefficient (Wildman–Crippen LogP) is 1.69. The van der Waals surface area contributed by atoms with Crippen LogP contribution >= 0.6 is 0 Å². The monoisotopic (exact) mass is 263 g/mol. The lowest BCUT2D eigenvalue weighted by atomic mass is 10.1. The molecule has 0 aliphatic heterocycles. The van der Waals surface area contributed by atoms with Crippen molar-refractivity contribution < 1.29 is 19.4 Å². The van der Waals surface area contributed by atoms with Gasteiger partial charge >= 0.3 is 5.97 Å². The van der Waals surface area contributed by atoms with Gasteiger partial charge in [-0.3, -0.25) is 4.79 Å². The lowest BCUT2D eigenvalue weighted by Crippen LogP contribution is -2.35. The van der Waals surface area contributed by atoms with E-state index in [1.54, 1.807) is 26.0 Å². The van der Waals surface area contributed by atoms with E-state index < -0.39 is 17.9 Å². The number of rotatable bonds is 5. The molecule has 2 N–H and O–H groups in total. The molecule has 0 radical (unpaired) electrons. The molecule has 5 nitrogen and oxygen atoms in total. The maximum absolute atomic E-state index is 11.9. The Morgan fingerprint density at radius 2 is 1.95 bits per heavy atom. The Morgan fingerprint density at radius 1 is 1.37 bits per heavy atom. The number of carbonyl (C=O) groups excluding carboxylic acids is 2. The van der Waals surface area contributed by atoms with Crippen molar-refractivity contribution in [2.45, 2.75) is 19.9 Å². The highest BCUT2D eigenvalue weighted by molar-refractivity contribution is 5.95. The minimum Gasteiger partial charge on any atom is -0.508 e. The Balaban J connectivity index is 2.98. The molecule has 0 spiro atoms. The first-order valence-electron chi connectivity index (χ1n) is 5.87. The van der Waals surface area contributed by atoms with E-state index in [9.17, 15) is 14.7 Å². The summed E-state index contributed by atoms with van der Waals surface area (Å²) < 4.78 is 4.92. The molecule has 19 heavy (non-hydrogen) atoms. The zero-order valence-electron chi connectivity index (χ0n) is 11.0. The SMILES string of the molecule is C=C(C)C(=O)NC(C(=O)OCC)c1ccc(O)cc1. The second-order valence-electron chi connectivity index (χ2n) is 4.03. The largest absolute Gasteiger partial charge is 0.508 e. The van der Waals surface area contributed by atoms with Gasteiger partial charge in [-0.25, -0.2) is 4.79 Å². The molecule has 1 unspecified atom stereocenters. The molecule has 0 fully saturated rings. The summed E-state index contributed by atoms with van der Waals surface area (Å²) in [7, 11) is 0. The van der Waals surface area contributed by atoms with Crippen molar-refractivity contribution in [1.82, 2.24) is 5.32 Å². The number of benzene rings is 1. The average molecular weight is 263 g/mol. The first-order chi connectivity index (χ1) is 8.95. The van der Waals surface area contributed by atoms with E-state index in [0.717, 1.165) is 0 Å². The predicted molar refractivity (Wildman–Crippen MR) is 70.4 cm³/mol. The Bertz CT molecular complexity index is 479. The number of ether oxygens (including phenoxy) is 1. The van der Waals surface area contributed by atoms with Crippen LogP contribution in [0.15, 0.2) is 36.4 Å². The molecule has 1 amide bonds. The molecular weight excluding hydrogens is 246 g/mol. The zero-order valence-corrected chi connectivity index (χ0v) is 11.0. The third kappa shape index (κ3) is 4.13. The Kier molecular flexibility index (Phi) is 5.11. The van der Waals surface area contributed by atoms with Crippen molar-refractivity contribution in [2.24, 2.45) is 0 Å². The minimum absolute atomic E-state index is 0.0811. The topological polar surface area (TPSA) is 75.6 Å². The number of carbonyl (C=O) groups is 2. The van der Waals surface area contributed by atoms with Gasteiger partial charge in [-0.05, 0) is 31.5 Å². The van der Waals surface area contributed by atoms with E-state index in [2.05, 4.69) is 11.9 Å². The smallest absolute Gasteiger partial charge is 0.333 e. The van der Waals surface area contributed by atoms with E-state index in [1.807, 2.05) is 0 Å². The van der Waals surface area contributed by atoms with E-state index in [-0.39, 0.29) is 12.4 Å². The molecule has 0 aromatic heterocycles. The van der Waals surface area contributed by atoms with E-state index in [4.69, 9.17) is 4.74 Å². The van der Waals surface area contributed by atoms with Crippen molar-refractivity contribution in [3.8, 4) is 5.75 Å². The Morgan fingerprint density at radius 3 is 2.42 bits per heavy atom. The molecule has 0 bridgehead atoms. The van der Waals surface area contributed by atoms with Gasteiger partial charge < -0.3 is 15.2 Å². The van der Waals surface area contributed by atoms with Gasteiger partial charge in [0.05, 0.1) is 6.61 Å². The number of phenolic OH excluding ortho intramolecular Hbond substituents is 1. The van der Waals surface area contributed by atoms with Gasteiger partial charge in [0.1, 0.15) is 5.75 Å². The highest BCUT2D eigenvalue weighted by Crippen LogP contribution is 2.18. The van der Waals surface area contributed by atoms with Crippen LogP contribution in [0.2, 0.25) is 0 Å². The molecule has 5 heteroatoms. The summed E-state index contributed by atoms with van der Waals surface area (Å²) in [5.41, 5.74) is 0.832. The van der Waals surface area contributed by atoms with Gasteiger partial charge in [0.25, 0.3) is 0 Å². The summed E-state index contributed by atoms with van der Waals surface area (Å²) in [6.45, 7) is 6.97. The van der Waals surface area contributed by atoms with Crippen LogP contribution in [0.5, 0.6) is 5.75 Å². The van der Waals surface area contributed by atoms with Crippen LogP contribution in [0, 0.1) is 0 Å². The summed E-state index contributed by atoms with van der Waals surface area (Å²) in [4.78, 5) is 23.5. The number of hydrogen-bond acceptors (Lipinski definition) is 4. The van der Waals surface area contributed by atoms with Crippen molar-refractivity contribution in [3.05, 3.63) is 42.0 Å². The molecule has 1 aromatic rings. The number of aromatic hydroxyl groups is 1. The lowest BCUT2D eigenvalue weighted by molar-refractivity contribution is -0.147. The quantitative estimate of drug-likeness (QED) is 0.626. The molecule has 102 valence electrons. The first-order valence-corrected chi connectivity index (χ1v) is 5.87. The second-order valence-corrected chi connectivity index (χ2v) is 4.03. The highest BCUT2D eigenvalue weighted by Gasteiger charge is 2.24. The van der Waals surface area contributed by atoms with Gasteiger partial charge in [-0.2, -0.15) is 0 Å². The van der Waals surface area contributed by atoms with Crippen LogP contribution in [0.4, 0.5) is 0 Å². The molecule has 0 saturated heterocycles. The zero-order chi connectivity index (χ0) is 14.4. The van der Waals surface area contributed by atoms with E-state index in [1.165, 1.54) is 12.1 Å². The van der Waals surface area contributed by atoms with Gasteiger partial charge in [-0.15, -0.1) is 0 Å². The molecule has 0 aliphatic rings. The van der Waals surface area contributed by atoms with E-state index >= 15 is 0 Å². The molecule has 1 aromatic carbocycles. The fraction of sp³-hybridized carbons (Fsp3) is 0.286. The number of amides is 1. The summed E-state index contributed by atoms with van der Waals surface area (Å²) in [6.07, 6.45) is 0. The average Bonchev–Trinajstić information content (AvgIpc) is 2.37. The van der Waals surface area contributed by atoms with Crippen molar-refractivity contribution in [3.63, 3.8) is 0 Å². The maximum Gasteiger partial charge on any atom is 0.333 e. The van der Waals surface area contributed by atoms with Crippen molar-refractivity contribution in [1.29, 1.82) is 0 Å². The summed E-state index contributed by atoms with van der Waals surface area (Å²) in [6, 6.07) is 5.07. The fourth-order valence-electron chi connectivity index (χ4n) is 1.42. The van der Waals surface area contributed by atoms with Gasteiger partial charge in [0, 0.05) is 5.57 Å². The number of esters is 1. The third-order valence-corrected chi connectivity index (χ3v) is 2.41. The van der Waals surface area contributed by atoms with Crippen molar-refractivity contribution >= 4 is 11.9 Å². The highest BCUT2D eigenvalue weighted by atomic mass is 16.5. The Labute approximate surface area is 111 Å². The van der Waals surface area contributed by atoms with Crippen molar-refractivity contribution in [2.75, 3.05) is 6.61 Å². The standard InChI is InChI=1S/C14H17NO4/c1-4-19-14(18)12(15-13(17)9(2)3)10-5-7-11(16)8-6-10/h5-8,12,16H,2,4H2,1,3H3,(H,15,17). The van der Waals surface area contributed by atoms with Crippen LogP contribution in [0.1, 0.15) is 25.5 Å². The van der Waals surface area contributed by atoms with Gasteiger partial charge in [0.2, 0.25) is 5.91 Å². The molecule has 0 heterocycles. The van der Waals surface area contributed by atoms with E-state index in [0.29, 0.717) is 11.1 Å². The molecule has 1 atom stereocenters. The van der Waals surface area contributed by atoms with Crippen LogP contribution in [-0.2, 0) is 14.3 Å². The summed E-state index contributed by atoms with van der Waals surface area (Å²) in [5.74, 6) is -0.897.